The highest BCUT2D eigenvalue weighted by Crippen LogP contribution is 2.36. The number of ether oxygens (including phenoxy) is 3. The lowest BCUT2D eigenvalue weighted by Gasteiger charge is -2.11. The highest BCUT2D eigenvalue weighted by atomic mass is 79.9. The molecule has 114 valence electrons. The van der Waals surface area contributed by atoms with Crippen molar-refractivity contribution in [2.45, 2.75) is 4.90 Å². The maximum absolute atomic E-state index is 11.3. The normalized spacial score (nSPS) is 11.6. The summed E-state index contributed by atoms with van der Waals surface area (Å²) in [5, 5.41) is 0. The van der Waals surface area contributed by atoms with E-state index in [1.165, 1.54) is 12.1 Å². The summed E-state index contributed by atoms with van der Waals surface area (Å²) < 4.78 is 39.1. The van der Waals surface area contributed by atoms with Crippen LogP contribution in [-0.4, -0.2) is 42.0 Å². The summed E-state index contributed by atoms with van der Waals surface area (Å²) in [6.07, 6.45) is 0. The minimum atomic E-state index is -3.78. The molecule has 0 unspecified atom stereocenters. The van der Waals surface area contributed by atoms with Crippen LogP contribution in [0.5, 0.6) is 5.75 Å². The fraction of sp³-hybridized carbons (Fsp3) is 0.455. The van der Waals surface area contributed by atoms with Crippen molar-refractivity contribution in [3.8, 4) is 5.75 Å². The summed E-state index contributed by atoms with van der Waals surface area (Å²) in [5.41, 5.74) is 0. The molecule has 0 fully saturated rings. The van der Waals surface area contributed by atoms with E-state index in [1.807, 2.05) is 0 Å². The molecular weight excluding hydrogens is 439 g/mol. The van der Waals surface area contributed by atoms with Crippen LogP contribution in [0.1, 0.15) is 0 Å². The predicted octanol–water partition coefficient (Wildman–Crippen LogP) is 3.18. The van der Waals surface area contributed by atoms with Gasteiger partial charge >= 0.3 is 0 Å². The molecule has 0 N–H and O–H groups in total. The molecule has 0 amide bonds. The van der Waals surface area contributed by atoms with Gasteiger partial charge in [0, 0.05) is 17.8 Å². The Kier molecular flexibility index (Phi) is 7.78. The van der Waals surface area contributed by atoms with Gasteiger partial charge in [-0.15, -0.1) is 0 Å². The maximum Gasteiger partial charge on any atom is 0.261 e. The SMILES string of the molecule is COCCOCCOc1c(Br)cc(S(=O)(=O)Cl)cc1Br. The number of hydrogen-bond donors (Lipinski definition) is 0. The van der Waals surface area contributed by atoms with Crippen molar-refractivity contribution in [3.05, 3.63) is 21.1 Å². The third kappa shape index (κ3) is 5.87. The average Bonchev–Trinajstić information content (AvgIpc) is 2.34. The Morgan fingerprint density at radius 2 is 1.65 bits per heavy atom. The van der Waals surface area contributed by atoms with Crippen LogP contribution < -0.4 is 4.74 Å². The van der Waals surface area contributed by atoms with Crippen molar-refractivity contribution in [2.24, 2.45) is 0 Å². The summed E-state index contributed by atoms with van der Waals surface area (Å²) in [4.78, 5) is -0.0124. The third-order valence-electron chi connectivity index (χ3n) is 2.16. The molecule has 0 saturated heterocycles. The van der Waals surface area contributed by atoms with E-state index in [0.29, 0.717) is 41.1 Å². The minimum absolute atomic E-state index is 0.0124. The van der Waals surface area contributed by atoms with Crippen LogP contribution in [0.2, 0.25) is 0 Å². The minimum Gasteiger partial charge on any atom is -0.489 e. The Labute approximate surface area is 139 Å². The third-order valence-corrected chi connectivity index (χ3v) is 4.67. The first-order chi connectivity index (χ1) is 9.36. The molecule has 1 rings (SSSR count). The number of rotatable bonds is 8. The van der Waals surface area contributed by atoms with Crippen molar-refractivity contribution in [1.29, 1.82) is 0 Å². The molecule has 20 heavy (non-hydrogen) atoms. The van der Waals surface area contributed by atoms with Gasteiger partial charge in [0.05, 0.1) is 33.7 Å². The summed E-state index contributed by atoms with van der Waals surface area (Å²) in [7, 11) is 3.10. The fourth-order valence-corrected chi connectivity index (χ4v) is 3.77. The highest BCUT2D eigenvalue weighted by Gasteiger charge is 2.16. The van der Waals surface area contributed by atoms with E-state index in [1.54, 1.807) is 7.11 Å². The quantitative estimate of drug-likeness (QED) is 0.448. The molecule has 0 aliphatic carbocycles. The number of benzene rings is 1. The zero-order valence-electron chi connectivity index (χ0n) is 10.6. The summed E-state index contributed by atoms with van der Waals surface area (Å²) in [5.74, 6) is 0.490. The zero-order chi connectivity index (χ0) is 15.2. The molecule has 0 aliphatic rings. The second kappa shape index (κ2) is 8.55. The van der Waals surface area contributed by atoms with Gasteiger partial charge in [0.2, 0.25) is 0 Å². The summed E-state index contributed by atoms with van der Waals surface area (Å²) >= 11 is 6.49. The Morgan fingerprint density at radius 3 is 2.15 bits per heavy atom. The van der Waals surface area contributed by atoms with E-state index in [4.69, 9.17) is 24.9 Å². The number of hydrogen-bond acceptors (Lipinski definition) is 5. The topological polar surface area (TPSA) is 61.8 Å². The van der Waals surface area contributed by atoms with Gasteiger partial charge in [0.25, 0.3) is 9.05 Å². The molecule has 0 aliphatic heterocycles. The molecule has 1 aromatic rings. The molecule has 0 spiro atoms. The molecule has 1 aromatic carbocycles. The van der Waals surface area contributed by atoms with Crippen LogP contribution in [0.25, 0.3) is 0 Å². The van der Waals surface area contributed by atoms with Crippen LogP contribution in [0, 0.1) is 0 Å². The van der Waals surface area contributed by atoms with Crippen LogP contribution in [0.4, 0.5) is 0 Å². The summed E-state index contributed by atoms with van der Waals surface area (Å²) in [6, 6.07) is 2.77. The van der Waals surface area contributed by atoms with Gasteiger partial charge in [0.15, 0.2) is 0 Å². The Balaban J connectivity index is 2.63. The van der Waals surface area contributed by atoms with Gasteiger partial charge in [-0.05, 0) is 44.0 Å². The van der Waals surface area contributed by atoms with Crippen molar-refractivity contribution in [3.63, 3.8) is 0 Å². The zero-order valence-corrected chi connectivity index (χ0v) is 15.3. The lowest BCUT2D eigenvalue weighted by Crippen LogP contribution is -2.10. The van der Waals surface area contributed by atoms with Crippen LogP contribution in [0.3, 0.4) is 0 Å². The molecule has 0 aromatic heterocycles. The van der Waals surface area contributed by atoms with Crippen molar-refractivity contribution < 1.29 is 22.6 Å². The van der Waals surface area contributed by atoms with Gasteiger partial charge in [-0.3, -0.25) is 0 Å². The van der Waals surface area contributed by atoms with Crippen molar-refractivity contribution in [1.82, 2.24) is 0 Å². The Hall–Kier alpha value is 0.140. The van der Waals surface area contributed by atoms with Crippen LogP contribution in [0.15, 0.2) is 26.0 Å². The monoisotopic (exact) mass is 450 g/mol. The van der Waals surface area contributed by atoms with Gasteiger partial charge in [-0.1, -0.05) is 0 Å². The molecule has 9 heteroatoms. The average molecular weight is 453 g/mol. The molecule has 0 bridgehead atoms. The molecule has 0 heterocycles. The van der Waals surface area contributed by atoms with Gasteiger partial charge < -0.3 is 14.2 Å². The van der Waals surface area contributed by atoms with E-state index >= 15 is 0 Å². The molecule has 0 saturated carbocycles. The first-order valence-electron chi connectivity index (χ1n) is 5.49. The predicted molar refractivity (Wildman–Crippen MR) is 83.1 cm³/mol. The van der Waals surface area contributed by atoms with Gasteiger partial charge in [0.1, 0.15) is 12.4 Å². The van der Waals surface area contributed by atoms with Crippen molar-refractivity contribution >= 4 is 51.6 Å². The van der Waals surface area contributed by atoms with E-state index < -0.39 is 9.05 Å². The van der Waals surface area contributed by atoms with Crippen molar-refractivity contribution in [2.75, 3.05) is 33.5 Å². The summed E-state index contributed by atoms with van der Waals surface area (Å²) in [6.45, 7) is 1.74. The Bertz CT molecular complexity index is 527. The maximum atomic E-state index is 11.3. The largest absolute Gasteiger partial charge is 0.489 e. The molecule has 0 atom stereocenters. The van der Waals surface area contributed by atoms with E-state index in [2.05, 4.69) is 31.9 Å². The first kappa shape index (κ1) is 18.2. The van der Waals surface area contributed by atoms with Gasteiger partial charge in [-0.2, -0.15) is 0 Å². The van der Waals surface area contributed by atoms with E-state index in [0.717, 1.165) is 0 Å². The second-order valence-corrected chi connectivity index (χ2v) is 7.88. The number of methoxy groups -OCH3 is 1. The Morgan fingerprint density at radius 1 is 1.10 bits per heavy atom. The first-order valence-corrected chi connectivity index (χ1v) is 9.39. The highest BCUT2D eigenvalue weighted by molar-refractivity contribution is 9.11. The number of halogens is 3. The lowest BCUT2D eigenvalue weighted by molar-refractivity contribution is 0.0542. The lowest BCUT2D eigenvalue weighted by atomic mass is 10.3. The molecular formula is C11H13Br2ClO5S. The van der Waals surface area contributed by atoms with Crippen LogP contribution >= 0.6 is 42.5 Å². The van der Waals surface area contributed by atoms with E-state index in [-0.39, 0.29) is 4.90 Å². The molecule has 0 radical (unpaired) electrons. The van der Waals surface area contributed by atoms with Gasteiger partial charge in [-0.25, -0.2) is 8.42 Å². The van der Waals surface area contributed by atoms with E-state index in [9.17, 15) is 8.42 Å². The van der Waals surface area contributed by atoms with Crippen LogP contribution in [-0.2, 0) is 18.5 Å². The fourth-order valence-electron chi connectivity index (χ4n) is 1.26. The molecule has 5 nitrogen and oxygen atoms in total. The standard InChI is InChI=1S/C11H13Br2ClO5S/c1-17-2-3-18-4-5-19-11-9(12)6-8(7-10(11)13)20(14,15)16/h6-7H,2-5H2,1H3. The second-order valence-electron chi connectivity index (χ2n) is 3.61. The smallest absolute Gasteiger partial charge is 0.261 e.